The lowest BCUT2D eigenvalue weighted by molar-refractivity contribution is -0.116. The topological polar surface area (TPSA) is 49.3 Å². The van der Waals surface area contributed by atoms with Gasteiger partial charge in [-0.25, -0.2) is 0 Å². The highest BCUT2D eigenvalue weighted by molar-refractivity contribution is 5.93. The summed E-state index contributed by atoms with van der Waals surface area (Å²) in [6.45, 7) is 0.188. The van der Waals surface area contributed by atoms with Crippen LogP contribution in [0.5, 0.6) is 0 Å². The molecule has 0 aromatic rings. The lowest BCUT2D eigenvalue weighted by Gasteiger charge is -2.18. The summed E-state index contributed by atoms with van der Waals surface area (Å²) in [6.07, 6.45) is 8.89. The number of nitrogens with one attached hydrogen (secondary N) is 1. The average Bonchev–Trinajstić information content (AvgIpc) is 2.54. The van der Waals surface area contributed by atoms with E-state index in [9.17, 15) is 4.79 Å². The molecule has 1 aliphatic carbocycles. The molecule has 0 saturated heterocycles. The molecule has 1 rings (SSSR count). The summed E-state index contributed by atoms with van der Waals surface area (Å²) in [7, 11) is 0. The molecule has 2 N–H and O–H groups in total. The number of hydrogen-bond acceptors (Lipinski definition) is 2. The zero-order valence-corrected chi connectivity index (χ0v) is 7.62. The van der Waals surface area contributed by atoms with E-state index in [0.29, 0.717) is 5.92 Å². The van der Waals surface area contributed by atoms with Gasteiger partial charge in [0.15, 0.2) is 0 Å². The van der Waals surface area contributed by atoms with Crippen LogP contribution in [-0.4, -0.2) is 23.7 Å². The third-order valence-corrected chi connectivity index (χ3v) is 2.61. The molecule has 0 aromatic carbocycles. The Labute approximate surface area is 78.5 Å². The van der Waals surface area contributed by atoms with E-state index in [1.807, 2.05) is 5.92 Å². The van der Waals surface area contributed by atoms with Crippen LogP contribution in [-0.2, 0) is 4.79 Å². The second-order valence-electron chi connectivity index (χ2n) is 3.43. The number of terminal acetylenes is 1. The first-order valence-electron chi connectivity index (χ1n) is 4.66. The fraction of sp³-hybridized carbons (Fsp3) is 0.700. The summed E-state index contributed by atoms with van der Waals surface area (Å²) in [5.41, 5.74) is 0. The monoisotopic (exact) mass is 181 g/mol. The van der Waals surface area contributed by atoms with Crippen LogP contribution < -0.4 is 5.32 Å². The number of amides is 1. The minimum atomic E-state index is -0.338. The summed E-state index contributed by atoms with van der Waals surface area (Å²) in [4.78, 5) is 10.9. The number of aliphatic hydroxyl groups is 1. The van der Waals surface area contributed by atoms with Crippen LogP contribution in [0.25, 0.3) is 0 Å². The second kappa shape index (κ2) is 4.88. The Morgan fingerprint density at radius 3 is 3.00 bits per heavy atom. The van der Waals surface area contributed by atoms with Gasteiger partial charge in [-0.3, -0.25) is 4.79 Å². The highest BCUT2D eigenvalue weighted by Crippen LogP contribution is 2.27. The van der Waals surface area contributed by atoms with E-state index in [4.69, 9.17) is 11.5 Å². The molecule has 3 heteroatoms. The van der Waals surface area contributed by atoms with Crippen molar-refractivity contribution in [2.75, 3.05) is 6.61 Å². The fourth-order valence-electron chi connectivity index (χ4n) is 1.95. The van der Waals surface area contributed by atoms with Crippen LogP contribution in [0.2, 0.25) is 0 Å². The number of hydrogen-bond donors (Lipinski definition) is 2. The molecule has 1 saturated carbocycles. The van der Waals surface area contributed by atoms with Gasteiger partial charge in [-0.1, -0.05) is 6.42 Å². The summed E-state index contributed by atoms with van der Waals surface area (Å²) < 4.78 is 0. The van der Waals surface area contributed by atoms with Crippen molar-refractivity contribution in [3.05, 3.63) is 0 Å². The molecule has 0 bridgehead atoms. The summed E-state index contributed by atoms with van der Waals surface area (Å²) >= 11 is 0. The van der Waals surface area contributed by atoms with E-state index in [2.05, 4.69) is 5.32 Å². The van der Waals surface area contributed by atoms with E-state index in [0.717, 1.165) is 25.7 Å². The fourth-order valence-corrected chi connectivity index (χ4v) is 1.95. The molecule has 1 aliphatic rings. The quantitative estimate of drug-likeness (QED) is 0.615. The van der Waals surface area contributed by atoms with Gasteiger partial charge in [-0.2, -0.15) is 0 Å². The van der Waals surface area contributed by atoms with Gasteiger partial charge in [0.25, 0.3) is 5.91 Å². The van der Waals surface area contributed by atoms with E-state index in [-0.39, 0.29) is 18.6 Å². The van der Waals surface area contributed by atoms with Crippen molar-refractivity contribution in [3.8, 4) is 12.3 Å². The van der Waals surface area contributed by atoms with Gasteiger partial charge in [0.05, 0.1) is 0 Å². The van der Waals surface area contributed by atoms with Crippen molar-refractivity contribution in [1.82, 2.24) is 5.32 Å². The van der Waals surface area contributed by atoms with Crippen molar-refractivity contribution >= 4 is 5.91 Å². The van der Waals surface area contributed by atoms with Crippen molar-refractivity contribution in [2.24, 2.45) is 5.92 Å². The summed E-state index contributed by atoms with van der Waals surface area (Å²) in [6, 6.07) is 0.177. The van der Waals surface area contributed by atoms with Gasteiger partial charge < -0.3 is 10.4 Å². The minimum absolute atomic E-state index is 0.177. The Balaban J connectivity index is 2.40. The Bertz CT molecular complexity index is 219. The number of carbonyl (C=O) groups excluding carboxylic acids is 1. The maximum absolute atomic E-state index is 10.9. The van der Waals surface area contributed by atoms with E-state index < -0.39 is 0 Å². The van der Waals surface area contributed by atoms with Crippen molar-refractivity contribution in [1.29, 1.82) is 0 Å². The zero-order valence-electron chi connectivity index (χ0n) is 7.62. The molecule has 1 fully saturated rings. The van der Waals surface area contributed by atoms with E-state index in [1.54, 1.807) is 0 Å². The van der Waals surface area contributed by atoms with Crippen LogP contribution >= 0.6 is 0 Å². The third kappa shape index (κ3) is 2.74. The number of aliphatic hydroxyl groups excluding tert-OH is 1. The smallest absolute Gasteiger partial charge is 0.295 e. The lowest BCUT2D eigenvalue weighted by Crippen LogP contribution is -2.36. The van der Waals surface area contributed by atoms with Crippen LogP contribution in [0.4, 0.5) is 0 Å². The molecule has 0 heterocycles. The van der Waals surface area contributed by atoms with Crippen LogP contribution in [0.15, 0.2) is 0 Å². The Hall–Kier alpha value is -1.01. The largest absolute Gasteiger partial charge is 0.396 e. The van der Waals surface area contributed by atoms with Gasteiger partial charge in [-0.05, 0) is 31.1 Å². The van der Waals surface area contributed by atoms with Crippen molar-refractivity contribution in [3.63, 3.8) is 0 Å². The standard InChI is InChI=1S/C10H15NO2/c1-2-10(13)11-9-5-3-4-8(9)6-7-12/h1,8-9,12H,3-7H2,(H,11,13). The highest BCUT2D eigenvalue weighted by Gasteiger charge is 2.27. The second-order valence-corrected chi connectivity index (χ2v) is 3.43. The molecule has 13 heavy (non-hydrogen) atoms. The molecular formula is C10H15NO2. The summed E-state index contributed by atoms with van der Waals surface area (Å²) in [5.74, 6) is 2.11. The van der Waals surface area contributed by atoms with Crippen molar-refractivity contribution in [2.45, 2.75) is 31.7 Å². The normalized spacial score (nSPS) is 26.8. The number of rotatable bonds is 3. The van der Waals surface area contributed by atoms with Gasteiger partial charge in [0, 0.05) is 12.6 Å². The SMILES string of the molecule is C#CC(=O)NC1CCCC1CCO. The maximum Gasteiger partial charge on any atom is 0.295 e. The molecule has 1 amide bonds. The molecule has 3 nitrogen and oxygen atoms in total. The Morgan fingerprint density at radius 2 is 2.38 bits per heavy atom. The zero-order chi connectivity index (χ0) is 9.68. The average molecular weight is 181 g/mol. The first kappa shape index (κ1) is 10.1. The van der Waals surface area contributed by atoms with Crippen molar-refractivity contribution < 1.29 is 9.90 Å². The molecule has 72 valence electrons. The van der Waals surface area contributed by atoms with Crippen LogP contribution in [0.1, 0.15) is 25.7 Å². The lowest BCUT2D eigenvalue weighted by atomic mass is 10.00. The van der Waals surface area contributed by atoms with Crippen LogP contribution in [0, 0.1) is 18.3 Å². The minimum Gasteiger partial charge on any atom is -0.396 e. The van der Waals surface area contributed by atoms with E-state index in [1.165, 1.54) is 0 Å². The summed E-state index contributed by atoms with van der Waals surface area (Å²) in [5, 5.41) is 11.6. The molecule has 0 aromatic heterocycles. The van der Waals surface area contributed by atoms with Gasteiger partial charge in [-0.15, -0.1) is 6.42 Å². The molecule has 0 spiro atoms. The molecule has 0 radical (unpaired) electrons. The Morgan fingerprint density at radius 1 is 1.62 bits per heavy atom. The highest BCUT2D eigenvalue weighted by atomic mass is 16.3. The predicted molar refractivity (Wildman–Crippen MR) is 49.8 cm³/mol. The molecule has 0 aliphatic heterocycles. The predicted octanol–water partition coefficient (Wildman–Crippen LogP) is 0.287. The first-order chi connectivity index (χ1) is 6.27. The van der Waals surface area contributed by atoms with Gasteiger partial charge >= 0.3 is 0 Å². The van der Waals surface area contributed by atoms with E-state index >= 15 is 0 Å². The van der Waals surface area contributed by atoms with Gasteiger partial charge in [0.2, 0.25) is 0 Å². The Kier molecular flexibility index (Phi) is 3.78. The number of carbonyl (C=O) groups is 1. The molecule has 2 atom stereocenters. The first-order valence-corrected chi connectivity index (χ1v) is 4.66. The maximum atomic E-state index is 10.9. The molecular weight excluding hydrogens is 166 g/mol. The van der Waals surface area contributed by atoms with Crippen LogP contribution in [0.3, 0.4) is 0 Å². The third-order valence-electron chi connectivity index (χ3n) is 2.61. The molecule has 2 unspecified atom stereocenters. The van der Waals surface area contributed by atoms with Gasteiger partial charge in [0.1, 0.15) is 0 Å².